The van der Waals surface area contributed by atoms with E-state index in [-0.39, 0.29) is 5.56 Å². The number of hydrogen-bond donors (Lipinski definition) is 1. The zero-order valence-corrected chi connectivity index (χ0v) is 14.5. The molecule has 0 saturated carbocycles. The molecular weight excluding hydrogens is 416 g/mol. The molecule has 2 aromatic rings. The third kappa shape index (κ3) is 5.87. The summed E-state index contributed by atoms with van der Waals surface area (Å²) in [5.74, 6) is -1.66. The fourth-order valence-electron chi connectivity index (χ4n) is 1.95. The van der Waals surface area contributed by atoms with Gasteiger partial charge in [0.25, 0.3) is 5.91 Å². The molecule has 152 valence electrons. The molecule has 0 atom stereocenters. The van der Waals surface area contributed by atoms with Crippen LogP contribution in [0.15, 0.2) is 53.4 Å². The zero-order chi connectivity index (χ0) is 21.2. The van der Waals surface area contributed by atoms with E-state index in [4.69, 9.17) is 0 Å². The second-order valence-corrected chi connectivity index (χ2v) is 6.93. The van der Waals surface area contributed by atoms with Gasteiger partial charge in [0.1, 0.15) is 17.2 Å². The summed E-state index contributed by atoms with van der Waals surface area (Å²) in [5, 5.41) is 1.61. The molecule has 28 heavy (non-hydrogen) atoms. The van der Waals surface area contributed by atoms with E-state index in [1.54, 1.807) is 5.32 Å². The lowest BCUT2D eigenvalue weighted by molar-refractivity contribution is -0.137. The number of carbonyl (C=O) groups excluding carboxylic acids is 1. The number of hydrogen-bond acceptors (Lipinski definition) is 4. The summed E-state index contributed by atoms with van der Waals surface area (Å²) in [5.41, 5.74) is -1.36. The van der Waals surface area contributed by atoms with Gasteiger partial charge in [-0.15, -0.1) is 0 Å². The number of alkyl halides is 6. The molecular formula is C16H11F6NO4S. The van der Waals surface area contributed by atoms with E-state index >= 15 is 0 Å². The highest BCUT2D eigenvalue weighted by Crippen LogP contribution is 2.32. The van der Waals surface area contributed by atoms with Gasteiger partial charge in [-0.1, -0.05) is 6.07 Å². The normalized spacial score (nSPS) is 12.5. The number of benzene rings is 2. The first-order chi connectivity index (χ1) is 12.8. The van der Waals surface area contributed by atoms with Gasteiger partial charge in [0.15, 0.2) is 0 Å². The molecule has 0 spiro atoms. The first kappa shape index (κ1) is 21.5. The van der Waals surface area contributed by atoms with Crippen LogP contribution in [0, 0.1) is 0 Å². The maximum atomic E-state index is 12.7. The molecule has 0 fully saturated rings. The molecule has 0 unspecified atom stereocenters. The standard InChI is InChI=1S/C16H11F6NO4S/c17-15(18,19)9-23-14(24)10-4-6-13(7-5-10)28(25,26)27-12-3-1-2-11(8-12)16(20,21)22/h1-8H,9H2,(H,23,24). The molecule has 0 aliphatic heterocycles. The number of nitrogens with one attached hydrogen (secondary N) is 1. The molecule has 0 heterocycles. The summed E-state index contributed by atoms with van der Waals surface area (Å²) in [6.07, 6.45) is -9.31. The highest BCUT2D eigenvalue weighted by atomic mass is 32.2. The lowest BCUT2D eigenvalue weighted by Crippen LogP contribution is -2.33. The summed E-state index contributed by atoms with van der Waals surface area (Å²) in [6.45, 7) is -1.56. The van der Waals surface area contributed by atoms with Gasteiger partial charge in [-0.3, -0.25) is 4.79 Å². The van der Waals surface area contributed by atoms with Crippen molar-refractivity contribution in [2.45, 2.75) is 17.2 Å². The monoisotopic (exact) mass is 427 g/mol. The van der Waals surface area contributed by atoms with Gasteiger partial charge in [0.2, 0.25) is 0 Å². The van der Waals surface area contributed by atoms with E-state index in [0.29, 0.717) is 6.07 Å². The average Bonchev–Trinajstić information content (AvgIpc) is 2.58. The predicted octanol–water partition coefficient (Wildman–Crippen LogP) is 3.77. The third-order valence-corrected chi connectivity index (χ3v) is 4.48. The highest BCUT2D eigenvalue weighted by molar-refractivity contribution is 7.87. The Hall–Kier alpha value is -2.76. The minimum atomic E-state index is -4.70. The number of amides is 1. The van der Waals surface area contributed by atoms with E-state index < -0.39 is 51.1 Å². The van der Waals surface area contributed by atoms with Gasteiger partial charge in [-0.25, -0.2) is 0 Å². The van der Waals surface area contributed by atoms with E-state index in [1.165, 1.54) is 0 Å². The van der Waals surface area contributed by atoms with Gasteiger partial charge < -0.3 is 9.50 Å². The van der Waals surface area contributed by atoms with Crippen LogP contribution in [0.3, 0.4) is 0 Å². The molecule has 1 N–H and O–H groups in total. The van der Waals surface area contributed by atoms with Crippen molar-refractivity contribution < 1.29 is 43.7 Å². The largest absolute Gasteiger partial charge is 0.416 e. The quantitative estimate of drug-likeness (QED) is 0.583. The van der Waals surface area contributed by atoms with Crippen molar-refractivity contribution in [3.63, 3.8) is 0 Å². The smallest absolute Gasteiger partial charge is 0.379 e. The summed E-state index contributed by atoms with van der Waals surface area (Å²) in [6, 6.07) is 6.83. The fraction of sp³-hybridized carbons (Fsp3) is 0.188. The van der Waals surface area contributed by atoms with Crippen LogP contribution < -0.4 is 9.50 Å². The molecule has 2 aromatic carbocycles. The van der Waals surface area contributed by atoms with Crippen molar-refractivity contribution in [3.8, 4) is 5.75 Å². The van der Waals surface area contributed by atoms with Gasteiger partial charge in [-0.2, -0.15) is 34.8 Å². The van der Waals surface area contributed by atoms with Crippen molar-refractivity contribution in [1.29, 1.82) is 0 Å². The minimum absolute atomic E-state index is 0.248. The molecule has 1 amide bonds. The lowest BCUT2D eigenvalue weighted by atomic mass is 10.2. The van der Waals surface area contributed by atoms with E-state index in [9.17, 15) is 39.6 Å². The SMILES string of the molecule is O=C(NCC(F)(F)F)c1ccc(S(=O)(=O)Oc2cccc(C(F)(F)F)c2)cc1. The molecule has 0 aliphatic carbocycles. The summed E-state index contributed by atoms with van der Waals surface area (Å²) < 4.78 is 103. The molecule has 2 rings (SSSR count). The van der Waals surface area contributed by atoms with Crippen molar-refractivity contribution in [2.75, 3.05) is 6.54 Å². The third-order valence-electron chi connectivity index (χ3n) is 3.22. The van der Waals surface area contributed by atoms with Gasteiger partial charge in [0.05, 0.1) is 5.56 Å². The van der Waals surface area contributed by atoms with Crippen LogP contribution in [0.2, 0.25) is 0 Å². The minimum Gasteiger partial charge on any atom is -0.379 e. The van der Waals surface area contributed by atoms with Crippen LogP contribution in [-0.2, 0) is 16.3 Å². The molecule has 0 bridgehead atoms. The van der Waals surface area contributed by atoms with Crippen LogP contribution in [0.1, 0.15) is 15.9 Å². The van der Waals surface area contributed by atoms with Crippen LogP contribution in [0.25, 0.3) is 0 Å². The number of halogens is 6. The highest BCUT2D eigenvalue weighted by Gasteiger charge is 2.31. The van der Waals surface area contributed by atoms with Crippen LogP contribution >= 0.6 is 0 Å². The Morgan fingerprint density at radius 1 is 0.964 bits per heavy atom. The molecule has 5 nitrogen and oxygen atoms in total. The Balaban J connectivity index is 2.15. The molecule has 0 aliphatic rings. The van der Waals surface area contributed by atoms with Crippen LogP contribution in [-0.4, -0.2) is 27.0 Å². The Morgan fingerprint density at radius 2 is 1.57 bits per heavy atom. The van der Waals surface area contributed by atoms with Crippen molar-refractivity contribution in [1.82, 2.24) is 5.32 Å². The lowest BCUT2D eigenvalue weighted by Gasteiger charge is -2.11. The second-order valence-electron chi connectivity index (χ2n) is 5.39. The van der Waals surface area contributed by atoms with Gasteiger partial charge in [-0.05, 0) is 42.5 Å². The van der Waals surface area contributed by atoms with E-state index in [1.807, 2.05) is 0 Å². The Kier molecular flexibility index (Phi) is 5.92. The van der Waals surface area contributed by atoms with Gasteiger partial charge >= 0.3 is 22.5 Å². The molecule has 0 saturated heterocycles. The molecule has 0 radical (unpaired) electrons. The summed E-state index contributed by atoms with van der Waals surface area (Å²) in [4.78, 5) is 11.1. The van der Waals surface area contributed by atoms with Crippen molar-refractivity contribution >= 4 is 16.0 Å². The number of rotatable bonds is 5. The topological polar surface area (TPSA) is 72.5 Å². The Labute approximate surface area is 155 Å². The first-order valence-corrected chi connectivity index (χ1v) is 8.75. The maximum Gasteiger partial charge on any atom is 0.416 e. The fourth-order valence-corrected chi connectivity index (χ4v) is 2.88. The van der Waals surface area contributed by atoms with Crippen LogP contribution in [0.5, 0.6) is 5.75 Å². The number of carbonyl (C=O) groups is 1. The first-order valence-electron chi connectivity index (χ1n) is 7.35. The van der Waals surface area contributed by atoms with Crippen molar-refractivity contribution in [3.05, 3.63) is 59.7 Å². The summed E-state index contributed by atoms with van der Waals surface area (Å²) in [7, 11) is -4.53. The zero-order valence-electron chi connectivity index (χ0n) is 13.6. The average molecular weight is 427 g/mol. The van der Waals surface area contributed by atoms with Crippen LogP contribution in [0.4, 0.5) is 26.3 Å². The van der Waals surface area contributed by atoms with Gasteiger partial charge in [0, 0.05) is 5.56 Å². The molecule has 12 heteroatoms. The van der Waals surface area contributed by atoms with Crippen molar-refractivity contribution in [2.24, 2.45) is 0 Å². The Morgan fingerprint density at radius 3 is 2.11 bits per heavy atom. The second kappa shape index (κ2) is 7.70. The van der Waals surface area contributed by atoms with E-state index in [2.05, 4.69) is 4.18 Å². The van der Waals surface area contributed by atoms with E-state index in [0.717, 1.165) is 42.5 Å². The predicted molar refractivity (Wildman–Crippen MR) is 84.1 cm³/mol. The maximum absolute atomic E-state index is 12.7. The molecule has 0 aromatic heterocycles. The summed E-state index contributed by atoms with van der Waals surface area (Å²) >= 11 is 0. The Bertz CT molecular complexity index is 952.